The van der Waals surface area contributed by atoms with Gasteiger partial charge < -0.3 is 18.8 Å². The molecule has 0 unspecified atom stereocenters. The Bertz CT molecular complexity index is 2170. The largest absolute Gasteiger partial charge is 0.500 e. The summed E-state index contributed by atoms with van der Waals surface area (Å²) < 4.78 is 102. The first kappa shape index (κ1) is 14.2. The van der Waals surface area contributed by atoms with Crippen molar-refractivity contribution in [1.82, 2.24) is 9.97 Å². The molecular formula is C32H24IrN2O2-2. The molecule has 7 rings (SSSR count). The summed E-state index contributed by atoms with van der Waals surface area (Å²) >= 11 is 0. The molecular weight excluding hydrogens is 637 g/mol. The standard InChI is InChI=1S/C19H12NO2.C13H12N.Ir/c1-10-8-13(20-9-11(10)2)12-6-7-16-18-17-14(21-16)4-3-5-15(17)22-19(12)18;1-10-3-6-12(7-4-10)13-8-5-11(2)9-14-13;/h3-5,7-9H,1-2H3;3-6,8-9H,1-2H3;/q2*-1;/i2*1D3,2D3;. The van der Waals surface area contributed by atoms with Crippen molar-refractivity contribution < 1.29 is 45.4 Å². The molecule has 0 fully saturated rings. The molecule has 37 heavy (non-hydrogen) atoms. The van der Waals surface area contributed by atoms with Crippen LogP contribution in [-0.4, -0.2) is 9.97 Å². The summed E-state index contributed by atoms with van der Waals surface area (Å²) in [5.41, 5.74) is 4.14. The minimum Gasteiger partial charge on any atom is -0.500 e. The number of benzene rings is 3. The van der Waals surface area contributed by atoms with Crippen LogP contribution in [0.15, 0.2) is 81.9 Å². The number of pyridine rings is 2. The topological polar surface area (TPSA) is 52.1 Å². The molecule has 185 valence electrons. The van der Waals surface area contributed by atoms with E-state index in [1.807, 2.05) is 18.2 Å². The van der Waals surface area contributed by atoms with Gasteiger partial charge in [-0.2, -0.15) is 0 Å². The molecule has 0 saturated heterocycles. The Balaban J connectivity index is 0.000000199. The van der Waals surface area contributed by atoms with Gasteiger partial charge in [-0.1, -0.05) is 42.2 Å². The van der Waals surface area contributed by atoms with E-state index in [0.29, 0.717) is 39.2 Å². The normalized spacial score (nSPS) is 17.2. The number of aryl methyl sites for hydroxylation is 4. The minimum absolute atomic E-state index is 0. The van der Waals surface area contributed by atoms with Crippen LogP contribution in [0.25, 0.3) is 55.6 Å². The van der Waals surface area contributed by atoms with Crippen LogP contribution >= 0.6 is 0 Å². The van der Waals surface area contributed by atoms with Crippen LogP contribution in [0.2, 0.25) is 0 Å². The zero-order chi connectivity index (χ0) is 34.8. The summed E-state index contributed by atoms with van der Waals surface area (Å²) in [7, 11) is 0. The first-order chi connectivity index (χ1) is 22.3. The van der Waals surface area contributed by atoms with E-state index in [9.17, 15) is 0 Å². The number of aromatic nitrogens is 2. The van der Waals surface area contributed by atoms with E-state index < -0.39 is 27.4 Å². The van der Waals surface area contributed by atoms with Crippen LogP contribution < -0.4 is 0 Å². The molecule has 4 nitrogen and oxygen atoms in total. The van der Waals surface area contributed by atoms with E-state index in [2.05, 4.69) is 22.1 Å². The van der Waals surface area contributed by atoms with Gasteiger partial charge in [0.05, 0.1) is 16.6 Å². The van der Waals surface area contributed by atoms with E-state index in [1.165, 1.54) is 30.5 Å². The third-order valence-electron chi connectivity index (χ3n) is 5.73. The molecule has 0 bridgehead atoms. The Morgan fingerprint density at radius 3 is 2.24 bits per heavy atom. The summed E-state index contributed by atoms with van der Waals surface area (Å²) in [6.07, 6.45) is 2.40. The average Bonchev–Trinajstić information content (AvgIpc) is 3.60. The summed E-state index contributed by atoms with van der Waals surface area (Å²) in [5.74, 6) is 0. The van der Waals surface area contributed by atoms with Gasteiger partial charge in [-0.25, -0.2) is 0 Å². The van der Waals surface area contributed by atoms with Gasteiger partial charge in [0.15, 0.2) is 0 Å². The van der Waals surface area contributed by atoms with Crippen molar-refractivity contribution in [3.05, 3.63) is 107 Å². The Kier molecular flexibility index (Phi) is 3.82. The van der Waals surface area contributed by atoms with E-state index >= 15 is 0 Å². The van der Waals surface area contributed by atoms with Gasteiger partial charge in [-0.15, -0.1) is 47.5 Å². The van der Waals surface area contributed by atoms with Gasteiger partial charge in [0.25, 0.3) is 0 Å². The monoisotopic (exact) mass is 673 g/mol. The van der Waals surface area contributed by atoms with E-state index in [4.69, 9.17) is 25.3 Å². The summed E-state index contributed by atoms with van der Waals surface area (Å²) in [4.78, 5) is 8.29. The van der Waals surface area contributed by atoms with Crippen LogP contribution in [0.5, 0.6) is 0 Å². The fraction of sp³-hybridized carbons (Fsp3) is 0.125. The maximum atomic E-state index is 7.75. The van der Waals surface area contributed by atoms with Crippen molar-refractivity contribution in [2.45, 2.75) is 27.4 Å². The maximum Gasteiger partial charge on any atom is 0.124 e. The molecule has 7 aromatic rings. The molecule has 1 radical (unpaired) electrons. The van der Waals surface area contributed by atoms with Crippen LogP contribution in [0, 0.1) is 39.5 Å². The van der Waals surface area contributed by atoms with Gasteiger partial charge in [-0.3, -0.25) is 0 Å². The first-order valence-corrected chi connectivity index (χ1v) is 10.9. The van der Waals surface area contributed by atoms with Gasteiger partial charge in [0.2, 0.25) is 0 Å². The fourth-order valence-corrected chi connectivity index (χ4v) is 4.01. The van der Waals surface area contributed by atoms with Gasteiger partial charge in [0.1, 0.15) is 11.2 Å². The molecule has 4 heterocycles. The van der Waals surface area contributed by atoms with E-state index in [0.717, 1.165) is 17.0 Å². The minimum atomic E-state index is -2.60. The number of hydrogen-bond donors (Lipinski definition) is 0. The summed E-state index contributed by atoms with van der Waals surface area (Å²) in [5, 5.41) is 1.62. The maximum absolute atomic E-state index is 7.75. The number of furan rings is 2. The Morgan fingerprint density at radius 1 is 0.703 bits per heavy atom. The quantitative estimate of drug-likeness (QED) is 0.173. The van der Waals surface area contributed by atoms with Gasteiger partial charge >= 0.3 is 0 Å². The van der Waals surface area contributed by atoms with Crippen molar-refractivity contribution in [3.8, 4) is 22.5 Å². The molecule has 0 atom stereocenters. The molecule has 0 amide bonds. The second-order valence-electron chi connectivity index (χ2n) is 8.10. The van der Waals surface area contributed by atoms with Crippen LogP contribution in [0.1, 0.15) is 38.7 Å². The molecule has 0 aliphatic rings. The zero-order valence-electron chi connectivity index (χ0n) is 31.0. The molecule has 5 heteroatoms. The van der Waals surface area contributed by atoms with Crippen molar-refractivity contribution in [3.63, 3.8) is 0 Å². The Hall–Kier alpha value is -3.79. The van der Waals surface area contributed by atoms with E-state index in [1.54, 1.807) is 18.2 Å². The first-order valence-electron chi connectivity index (χ1n) is 16.9. The van der Waals surface area contributed by atoms with Crippen LogP contribution in [0.3, 0.4) is 0 Å². The smallest absolute Gasteiger partial charge is 0.124 e. The molecule has 0 N–H and O–H groups in total. The predicted molar refractivity (Wildman–Crippen MR) is 144 cm³/mol. The Labute approximate surface area is 245 Å². The SMILES string of the molecule is [2H]C([2H])([2H])c1c[c-]c(-c2ccc(C([2H])([2H])[2H])cn2)cc1.[2H]C([2H])([2H])c1cnc(-c2[c-]cc3oc4cccc5oc2c3c45)cc1C([2H])([2H])[2H].[Ir]. The molecule has 0 aliphatic heterocycles. The van der Waals surface area contributed by atoms with Crippen molar-refractivity contribution in [1.29, 1.82) is 0 Å². The molecule has 0 spiro atoms. The van der Waals surface area contributed by atoms with Crippen molar-refractivity contribution in [2.24, 2.45) is 0 Å². The van der Waals surface area contributed by atoms with Crippen molar-refractivity contribution in [2.75, 3.05) is 0 Å². The molecule has 3 aromatic carbocycles. The molecule has 0 saturated carbocycles. The predicted octanol–water partition coefficient (Wildman–Crippen LogP) is 8.41. The van der Waals surface area contributed by atoms with Crippen LogP contribution in [0.4, 0.5) is 0 Å². The number of rotatable bonds is 2. The second-order valence-corrected chi connectivity index (χ2v) is 8.10. The number of nitrogens with zero attached hydrogens (tertiary/aromatic N) is 2. The van der Waals surface area contributed by atoms with Crippen molar-refractivity contribution >= 4 is 33.1 Å². The fourth-order valence-electron chi connectivity index (χ4n) is 4.01. The second kappa shape index (κ2) is 9.93. The number of hydrogen-bond acceptors (Lipinski definition) is 4. The summed E-state index contributed by atoms with van der Waals surface area (Å²) in [6, 6.07) is 21.9. The van der Waals surface area contributed by atoms with E-state index in [-0.39, 0.29) is 48.1 Å². The zero-order valence-corrected chi connectivity index (χ0v) is 21.4. The molecule has 4 aromatic heterocycles. The average molecular weight is 673 g/mol. The third kappa shape index (κ3) is 4.57. The Morgan fingerprint density at radius 2 is 1.51 bits per heavy atom. The third-order valence-corrected chi connectivity index (χ3v) is 5.73. The van der Waals surface area contributed by atoms with Crippen LogP contribution in [-0.2, 0) is 20.1 Å². The summed E-state index contributed by atoms with van der Waals surface area (Å²) in [6.45, 7) is -9.52. The van der Waals surface area contributed by atoms with Gasteiger partial charge in [-0.05, 0) is 60.6 Å². The van der Waals surface area contributed by atoms with Gasteiger partial charge in [0, 0.05) is 48.9 Å². The molecule has 0 aliphatic carbocycles.